The monoisotopic (exact) mass is 175 g/mol. The van der Waals surface area contributed by atoms with E-state index in [2.05, 4.69) is 10.6 Å². The van der Waals surface area contributed by atoms with Gasteiger partial charge in [-0.25, -0.2) is 0 Å². The predicted molar refractivity (Wildman–Crippen MR) is 47.0 cm³/mol. The highest BCUT2D eigenvalue weighted by molar-refractivity contribution is 5.66. The van der Waals surface area contributed by atoms with Crippen LogP contribution in [0.3, 0.4) is 0 Å². The third kappa shape index (κ3) is 9.35. The molecular weight excluding hydrogens is 158 g/mol. The lowest BCUT2D eigenvalue weighted by atomic mass is 10.4. The molecule has 0 amide bonds. The Hall–Kier alpha value is -0.650. The van der Waals surface area contributed by atoms with Crippen LogP contribution in [0.2, 0.25) is 0 Å². The summed E-state index contributed by atoms with van der Waals surface area (Å²) in [7, 11) is 0. The third-order valence-electron chi connectivity index (χ3n) is 1.32. The topological polar surface area (TPSA) is 87.4 Å². The lowest BCUT2D eigenvalue weighted by Gasteiger charge is -2.11. The first kappa shape index (κ1) is 11.4. The SMILES string of the molecule is C1CNCCN1.NCCC(=O)O. The number of carboxylic acid groups (broad SMARTS) is 1. The van der Waals surface area contributed by atoms with Crippen molar-refractivity contribution in [2.75, 3.05) is 32.7 Å². The number of aliphatic carboxylic acids is 1. The van der Waals surface area contributed by atoms with Crippen LogP contribution < -0.4 is 16.4 Å². The summed E-state index contributed by atoms with van der Waals surface area (Å²) in [5.74, 6) is -0.836. The molecule has 0 unspecified atom stereocenters. The van der Waals surface area contributed by atoms with E-state index in [-0.39, 0.29) is 13.0 Å². The van der Waals surface area contributed by atoms with Crippen molar-refractivity contribution >= 4 is 5.97 Å². The lowest BCUT2D eigenvalue weighted by molar-refractivity contribution is -0.136. The number of nitrogens with one attached hydrogen (secondary N) is 2. The summed E-state index contributed by atoms with van der Waals surface area (Å²) in [6.07, 6.45) is 0.0694. The largest absolute Gasteiger partial charge is 0.481 e. The average Bonchev–Trinajstić information content (AvgIpc) is 2.08. The molecule has 1 saturated heterocycles. The first-order valence-electron chi connectivity index (χ1n) is 4.10. The maximum absolute atomic E-state index is 9.52. The van der Waals surface area contributed by atoms with Gasteiger partial charge in [0.05, 0.1) is 6.42 Å². The van der Waals surface area contributed by atoms with Gasteiger partial charge in [-0.15, -0.1) is 0 Å². The lowest BCUT2D eigenvalue weighted by Crippen LogP contribution is -2.39. The Morgan fingerprint density at radius 3 is 1.75 bits per heavy atom. The van der Waals surface area contributed by atoms with Crippen molar-refractivity contribution in [3.8, 4) is 0 Å². The summed E-state index contributed by atoms with van der Waals surface area (Å²) in [5, 5.41) is 14.3. The molecule has 5 N–H and O–H groups in total. The summed E-state index contributed by atoms with van der Waals surface area (Å²) in [4.78, 5) is 9.52. The number of hydrogen-bond acceptors (Lipinski definition) is 4. The standard InChI is InChI=1S/C4H10N2.C3H7NO2/c1-2-6-4-3-5-1;4-2-1-3(5)6/h5-6H,1-4H2;1-2,4H2,(H,5,6). The number of rotatable bonds is 2. The van der Waals surface area contributed by atoms with Crippen molar-refractivity contribution in [2.45, 2.75) is 6.42 Å². The van der Waals surface area contributed by atoms with Gasteiger partial charge < -0.3 is 21.5 Å². The van der Waals surface area contributed by atoms with Crippen molar-refractivity contribution in [2.24, 2.45) is 5.73 Å². The van der Waals surface area contributed by atoms with E-state index < -0.39 is 5.97 Å². The van der Waals surface area contributed by atoms with Crippen LogP contribution in [-0.2, 0) is 4.79 Å². The second-order valence-electron chi connectivity index (χ2n) is 2.43. The summed E-state index contributed by atoms with van der Waals surface area (Å²) < 4.78 is 0. The smallest absolute Gasteiger partial charge is 0.304 e. The highest BCUT2D eigenvalue weighted by atomic mass is 16.4. The first-order chi connectivity index (χ1) is 5.77. The van der Waals surface area contributed by atoms with Gasteiger partial charge in [-0.2, -0.15) is 0 Å². The fraction of sp³-hybridized carbons (Fsp3) is 0.857. The molecule has 0 saturated carbocycles. The Bertz CT molecular complexity index is 104. The van der Waals surface area contributed by atoms with Crippen LogP contribution in [0, 0.1) is 0 Å². The van der Waals surface area contributed by atoms with Gasteiger partial charge in [0, 0.05) is 32.7 Å². The number of carboxylic acids is 1. The van der Waals surface area contributed by atoms with Gasteiger partial charge >= 0.3 is 5.97 Å². The van der Waals surface area contributed by atoms with E-state index in [0.29, 0.717) is 0 Å². The van der Waals surface area contributed by atoms with Crippen LogP contribution >= 0.6 is 0 Å². The third-order valence-corrected chi connectivity index (χ3v) is 1.32. The van der Waals surface area contributed by atoms with Crippen molar-refractivity contribution in [1.82, 2.24) is 10.6 Å². The minimum atomic E-state index is -0.836. The van der Waals surface area contributed by atoms with Crippen LogP contribution in [-0.4, -0.2) is 43.8 Å². The van der Waals surface area contributed by atoms with Crippen molar-refractivity contribution in [3.63, 3.8) is 0 Å². The molecule has 72 valence electrons. The van der Waals surface area contributed by atoms with Gasteiger partial charge in [0.2, 0.25) is 0 Å². The number of hydrogen-bond donors (Lipinski definition) is 4. The molecule has 1 fully saturated rings. The van der Waals surface area contributed by atoms with Gasteiger partial charge in [0.25, 0.3) is 0 Å². The van der Waals surface area contributed by atoms with Gasteiger partial charge in [-0.3, -0.25) is 4.79 Å². The Labute approximate surface area is 72.3 Å². The van der Waals surface area contributed by atoms with Crippen LogP contribution in [0.15, 0.2) is 0 Å². The van der Waals surface area contributed by atoms with Gasteiger partial charge in [0.15, 0.2) is 0 Å². The zero-order valence-electron chi connectivity index (χ0n) is 7.18. The molecule has 12 heavy (non-hydrogen) atoms. The summed E-state index contributed by atoms with van der Waals surface area (Å²) in [5.41, 5.74) is 4.85. The van der Waals surface area contributed by atoms with Gasteiger partial charge in [-0.1, -0.05) is 0 Å². The fourth-order valence-corrected chi connectivity index (χ4v) is 0.727. The van der Waals surface area contributed by atoms with Crippen LogP contribution in [0.5, 0.6) is 0 Å². The molecule has 0 aliphatic carbocycles. The van der Waals surface area contributed by atoms with E-state index in [4.69, 9.17) is 10.8 Å². The summed E-state index contributed by atoms with van der Waals surface area (Å²) >= 11 is 0. The minimum Gasteiger partial charge on any atom is -0.481 e. The molecule has 0 atom stereocenters. The van der Waals surface area contributed by atoms with Gasteiger partial charge in [-0.05, 0) is 0 Å². The molecule has 1 aliphatic rings. The second kappa shape index (κ2) is 8.45. The number of piperazine rings is 1. The normalized spacial score (nSPS) is 16.1. The maximum Gasteiger partial charge on any atom is 0.304 e. The molecule has 1 rings (SSSR count). The van der Waals surface area contributed by atoms with Crippen molar-refractivity contribution in [3.05, 3.63) is 0 Å². The van der Waals surface area contributed by atoms with E-state index >= 15 is 0 Å². The minimum absolute atomic E-state index is 0.0694. The molecule has 0 spiro atoms. The summed E-state index contributed by atoms with van der Waals surface area (Å²) in [6.45, 7) is 4.79. The average molecular weight is 175 g/mol. The Balaban J connectivity index is 0.000000202. The highest BCUT2D eigenvalue weighted by Crippen LogP contribution is 1.67. The summed E-state index contributed by atoms with van der Waals surface area (Å²) in [6, 6.07) is 0. The van der Waals surface area contributed by atoms with Crippen LogP contribution in [0.4, 0.5) is 0 Å². The molecular formula is C7H17N3O2. The van der Waals surface area contributed by atoms with E-state index in [9.17, 15) is 4.79 Å². The predicted octanol–water partition coefficient (Wildman–Crippen LogP) is -1.40. The van der Waals surface area contributed by atoms with E-state index in [1.807, 2.05) is 0 Å². The van der Waals surface area contributed by atoms with E-state index in [0.717, 1.165) is 26.2 Å². The zero-order chi connectivity index (χ0) is 9.23. The zero-order valence-corrected chi connectivity index (χ0v) is 7.18. The molecule has 0 aromatic carbocycles. The molecule has 0 bridgehead atoms. The van der Waals surface area contributed by atoms with Crippen LogP contribution in [0.25, 0.3) is 0 Å². The Morgan fingerprint density at radius 2 is 1.67 bits per heavy atom. The first-order valence-corrected chi connectivity index (χ1v) is 4.10. The maximum atomic E-state index is 9.52. The molecule has 5 nitrogen and oxygen atoms in total. The molecule has 0 radical (unpaired) electrons. The number of carbonyl (C=O) groups is 1. The Kier molecular flexibility index (Phi) is 7.99. The molecule has 0 aromatic heterocycles. The molecule has 0 aromatic rings. The second-order valence-corrected chi connectivity index (χ2v) is 2.43. The fourth-order valence-electron chi connectivity index (χ4n) is 0.727. The van der Waals surface area contributed by atoms with Gasteiger partial charge in [0.1, 0.15) is 0 Å². The highest BCUT2D eigenvalue weighted by Gasteiger charge is 1.91. The quantitative estimate of drug-likeness (QED) is 0.414. The molecule has 5 heteroatoms. The van der Waals surface area contributed by atoms with E-state index in [1.54, 1.807) is 0 Å². The molecule has 1 aliphatic heterocycles. The Morgan fingerprint density at radius 1 is 1.25 bits per heavy atom. The van der Waals surface area contributed by atoms with Crippen molar-refractivity contribution < 1.29 is 9.90 Å². The van der Waals surface area contributed by atoms with Crippen LogP contribution in [0.1, 0.15) is 6.42 Å². The van der Waals surface area contributed by atoms with Crippen molar-refractivity contribution in [1.29, 1.82) is 0 Å². The van der Waals surface area contributed by atoms with E-state index in [1.165, 1.54) is 0 Å². The molecule has 1 heterocycles. The number of nitrogens with two attached hydrogens (primary N) is 1.